The maximum absolute atomic E-state index is 13.3. The number of ketones is 1. The molecule has 1 saturated heterocycles. The molecule has 1 atom stereocenters. The molecule has 3 aromatic rings. The molecule has 0 radical (unpaired) electrons. The van der Waals surface area contributed by atoms with Crippen LogP contribution in [0.15, 0.2) is 77.7 Å². The van der Waals surface area contributed by atoms with Crippen molar-refractivity contribution in [2.45, 2.75) is 56.3 Å². The van der Waals surface area contributed by atoms with Gasteiger partial charge in [-0.15, -0.1) is 0 Å². The van der Waals surface area contributed by atoms with Crippen molar-refractivity contribution in [2.24, 2.45) is 11.8 Å². The zero-order valence-corrected chi connectivity index (χ0v) is 27.0. The van der Waals surface area contributed by atoms with Gasteiger partial charge in [-0.2, -0.15) is 0 Å². The summed E-state index contributed by atoms with van der Waals surface area (Å²) in [4.78, 5) is 15.5. The van der Waals surface area contributed by atoms with E-state index in [1.54, 1.807) is 24.3 Å². The average Bonchev–Trinajstić information content (AvgIpc) is 3.01. The number of carbonyl (C=O) groups is 1. The Labute approximate surface area is 261 Å². The lowest BCUT2D eigenvalue weighted by atomic mass is 9.78. The van der Waals surface area contributed by atoms with Gasteiger partial charge in [-0.25, -0.2) is 21.2 Å². The van der Waals surface area contributed by atoms with Gasteiger partial charge in [0, 0.05) is 32.0 Å². The van der Waals surface area contributed by atoms with Gasteiger partial charge in [-0.3, -0.25) is 4.79 Å². The standard InChI is InChI=1S/C35H42FNO5S2/c1-26(29-9-13-33(36)14-10-29)23-35(38)31-7-5-28(6-8-31)25-44(41,42)34-15-11-30(12-16-34)32-4-2-3-27(24-32)17-18-37-19-21-43(39,40)22-20-37/h2-4,9-16,24,26,28,31H,5-8,17-23,25H2,1H3/t26-,28?,31?/m0/s1. The summed E-state index contributed by atoms with van der Waals surface area (Å²) in [5.74, 6) is 0.486. The van der Waals surface area contributed by atoms with Crippen LogP contribution < -0.4 is 0 Å². The zero-order valence-electron chi connectivity index (χ0n) is 25.3. The van der Waals surface area contributed by atoms with E-state index in [1.807, 2.05) is 31.2 Å². The molecule has 1 aliphatic carbocycles. The molecule has 0 N–H and O–H groups in total. The van der Waals surface area contributed by atoms with Gasteiger partial charge in [0.2, 0.25) is 0 Å². The molecule has 1 saturated carbocycles. The van der Waals surface area contributed by atoms with E-state index in [1.165, 1.54) is 12.1 Å². The molecular formula is C35H42FNO5S2. The van der Waals surface area contributed by atoms with Crippen molar-refractivity contribution in [3.05, 3.63) is 89.7 Å². The Morgan fingerprint density at radius 2 is 1.57 bits per heavy atom. The first-order valence-electron chi connectivity index (χ1n) is 15.6. The van der Waals surface area contributed by atoms with Gasteiger partial charge in [0.05, 0.1) is 22.2 Å². The van der Waals surface area contributed by atoms with Gasteiger partial charge in [0.1, 0.15) is 11.6 Å². The molecule has 5 rings (SSSR count). The van der Waals surface area contributed by atoms with Crippen molar-refractivity contribution in [2.75, 3.05) is 36.9 Å². The minimum absolute atomic E-state index is 0.0226. The Bertz CT molecular complexity index is 1630. The summed E-state index contributed by atoms with van der Waals surface area (Å²) < 4.78 is 63.2. The summed E-state index contributed by atoms with van der Waals surface area (Å²) >= 11 is 0. The number of nitrogens with zero attached hydrogens (tertiary/aromatic N) is 1. The predicted octanol–water partition coefficient (Wildman–Crippen LogP) is 6.11. The van der Waals surface area contributed by atoms with Crippen molar-refractivity contribution in [3.63, 3.8) is 0 Å². The highest BCUT2D eigenvalue weighted by atomic mass is 32.2. The van der Waals surface area contributed by atoms with E-state index < -0.39 is 19.7 Å². The molecule has 0 unspecified atom stereocenters. The van der Waals surface area contributed by atoms with Crippen LogP contribution in [-0.4, -0.2) is 64.4 Å². The van der Waals surface area contributed by atoms with E-state index in [4.69, 9.17) is 0 Å². The molecule has 0 aromatic heterocycles. The van der Waals surface area contributed by atoms with E-state index in [9.17, 15) is 26.0 Å². The normalized spacial score (nSPS) is 21.5. The number of benzene rings is 3. The first-order chi connectivity index (χ1) is 21.0. The second kappa shape index (κ2) is 14.0. The number of hydrogen-bond acceptors (Lipinski definition) is 6. The number of rotatable bonds is 11. The van der Waals surface area contributed by atoms with Crippen molar-refractivity contribution >= 4 is 25.5 Å². The van der Waals surface area contributed by atoms with E-state index in [2.05, 4.69) is 17.0 Å². The zero-order chi connectivity index (χ0) is 31.3. The molecule has 9 heteroatoms. The van der Waals surface area contributed by atoms with Crippen molar-refractivity contribution in [1.29, 1.82) is 0 Å². The average molecular weight is 640 g/mol. The van der Waals surface area contributed by atoms with Crippen LogP contribution in [0.25, 0.3) is 11.1 Å². The fourth-order valence-corrected chi connectivity index (χ4v) is 9.43. The Morgan fingerprint density at radius 1 is 0.909 bits per heavy atom. The topological polar surface area (TPSA) is 88.6 Å². The summed E-state index contributed by atoms with van der Waals surface area (Å²) in [6.45, 7) is 3.95. The van der Waals surface area contributed by atoms with Crippen molar-refractivity contribution < 1.29 is 26.0 Å². The number of Topliss-reactive ketones (excluding diaryl/α,β-unsaturated/α-hetero) is 1. The van der Waals surface area contributed by atoms with Gasteiger partial charge in [0.25, 0.3) is 0 Å². The lowest BCUT2D eigenvalue weighted by Crippen LogP contribution is -2.41. The van der Waals surface area contributed by atoms with Gasteiger partial charge in [0.15, 0.2) is 19.7 Å². The van der Waals surface area contributed by atoms with E-state index in [0.29, 0.717) is 37.2 Å². The second-order valence-electron chi connectivity index (χ2n) is 12.6. The molecule has 6 nitrogen and oxygen atoms in total. The van der Waals surface area contributed by atoms with E-state index in [0.717, 1.165) is 48.1 Å². The third kappa shape index (κ3) is 8.64. The molecule has 2 fully saturated rings. The van der Waals surface area contributed by atoms with Crippen LogP contribution in [0.2, 0.25) is 0 Å². The van der Waals surface area contributed by atoms with Gasteiger partial charge >= 0.3 is 0 Å². The molecule has 44 heavy (non-hydrogen) atoms. The first kappa shape index (κ1) is 32.5. The highest BCUT2D eigenvalue weighted by Crippen LogP contribution is 2.34. The summed E-state index contributed by atoms with van der Waals surface area (Å²) in [5, 5.41) is 0. The van der Waals surface area contributed by atoms with Gasteiger partial charge < -0.3 is 4.90 Å². The Hall–Kier alpha value is -2.88. The van der Waals surface area contributed by atoms with Crippen LogP contribution in [0.5, 0.6) is 0 Å². The van der Waals surface area contributed by atoms with Gasteiger partial charge in [-0.1, -0.05) is 55.5 Å². The maximum atomic E-state index is 13.3. The number of sulfone groups is 2. The second-order valence-corrected chi connectivity index (χ2v) is 16.9. The summed E-state index contributed by atoms with van der Waals surface area (Å²) in [6.07, 6.45) is 4.10. The molecule has 2 aliphatic rings. The largest absolute Gasteiger partial charge is 0.301 e. The molecule has 1 aliphatic heterocycles. The van der Waals surface area contributed by atoms with Crippen LogP contribution in [0.4, 0.5) is 4.39 Å². The van der Waals surface area contributed by atoms with Crippen LogP contribution in [0.1, 0.15) is 56.1 Å². The molecule has 3 aromatic carbocycles. The number of hydrogen-bond donors (Lipinski definition) is 0. The fourth-order valence-electron chi connectivity index (χ4n) is 6.46. The Balaban J connectivity index is 1.11. The summed E-state index contributed by atoms with van der Waals surface area (Å²) in [6, 6.07) is 21.6. The van der Waals surface area contributed by atoms with Crippen LogP contribution in [0.3, 0.4) is 0 Å². The third-order valence-corrected chi connectivity index (χ3v) is 12.8. The SMILES string of the molecule is C[C@@H](CC(=O)C1CCC(CS(=O)(=O)c2ccc(-c3cccc(CCN4CCS(=O)(=O)CC4)c3)cc2)CC1)c1ccc(F)cc1. The number of carbonyl (C=O) groups excluding carboxylic acids is 1. The minimum Gasteiger partial charge on any atom is -0.301 e. The third-order valence-electron chi connectivity index (χ3n) is 9.33. The van der Waals surface area contributed by atoms with E-state index in [-0.39, 0.29) is 46.6 Å². The monoisotopic (exact) mass is 639 g/mol. The molecule has 236 valence electrons. The van der Waals surface area contributed by atoms with Crippen LogP contribution >= 0.6 is 0 Å². The molecule has 0 amide bonds. The quantitative estimate of drug-likeness (QED) is 0.252. The summed E-state index contributed by atoms with van der Waals surface area (Å²) in [7, 11) is -6.34. The molecule has 0 bridgehead atoms. The molecule has 0 spiro atoms. The minimum atomic E-state index is -3.46. The van der Waals surface area contributed by atoms with Crippen molar-refractivity contribution in [1.82, 2.24) is 4.90 Å². The predicted molar refractivity (Wildman–Crippen MR) is 173 cm³/mol. The molecule has 1 heterocycles. The van der Waals surface area contributed by atoms with Crippen molar-refractivity contribution in [3.8, 4) is 11.1 Å². The first-order valence-corrected chi connectivity index (χ1v) is 19.1. The Morgan fingerprint density at radius 3 is 2.23 bits per heavy atom. The van der Waals surface area contributed by atoms with Crippen LogP contribution in [-0.2, 0) is 30.9 Å². The van der Waals surface area contributed by atoms with Gasteiger partial charge in [-0.05, 0) is 90.5 Å². The maximum Gasteiger partial charge on any atom is 0.178 e. The highest BCUT2D eigenvalue weighted by molar-refractivity contribution is 7.91. The lowest BCUT2D eigenvalue weighted by molar-refractivity contribution is -0.124. The number of halogens is 1. The fraction of sp³-hybridized carbons (Fsp3) is 0.457. The highest BCUT2D eigenvalue weighted by Gasteiger charge is 2.30. The lowest BCUT2D eigenvalue weighted by Gasteiger charge is -2.28. The summed E-state index contributed by atoms with van der Waals surface area (Å²) in [5.41, 5.74) is 4.08. The Kier molecular flexibility index (Phi) is 10.4. The molecular weight excluding hydrogens is 598 g/mol. The smallest absolute Gasteiger partial charge is 0.178 e. The van der Waals surface area contributed by atoms with E-state index >= 15 is 0 Å². The van der Waals surface area contributed by atoms with Crippen LogP contribution in [0, 0.1) is 17.7 Å².